The molecule has 12 heteroatoms. The number of aromatic amines is 2. The zero-order valence-corrected chi connectivity index (χ0v) is 24.1. The SMILES string of the molecule is Cc1ccc(F)c(OC[C@H](O)CNc2cc[nH]c(=O)c2-c2nc3cc4c(cc3[nH]2)CN(C2CCN(C)CC2)C4=O)c1Cl. The first-order chi connectivity index (χ1) is 20.2. The number of amides is 1. The number of imidazole rings is 1. The summed E-state index contributed by atoms with van der Waals surface area (Å²) in [6.07, 6.45) is 2.37. The van der Waals surface area contributed by atoms with Crippen LogP contribution in [0.4, 0.5) is 10.1 Å². The number of anilines is 1. The fraction of sp³-hybridized carbons (Fsp3) is 0.367. The molecule has 2 aliphatic rings. The number of benzene rings is 2. The number of aliphatic hydroxyl groups excluding tert-OH is 1. The largest absolute Gasteiger partial charge is 0.486 e. The van der Waals surface area contributed by atoms with Crippen molar-refractivity contribution in [3.63, 3.8) is 0 Å². The predicted molar refractivity (Wildman–Crippen MR) is 159 cm³/mol. The number of hydrogen-bond acceptors (Lipinski definition) is 7. The Morgan fingerprint density at radius 1 is 1.24 bits per heavy atom. The second-order valence-electron chi connectivity index (χ2n) is 11.0. The van der Waals surface area contributed by atoms with Crippen molar-refractivity contribution < 1.29 is 19.0 Å². The van der Waals surface area contributed by atoms with Crippen LogP contribution in [0.1, 0.15) is 34.3 Å². The second-order valence-corrected chi connectivity index (χ2v) is 11.4. The molecule has 2 aromatic carbocycles. The van der Waals surface area contributed by atoms with Gasteiger partial charge in [0.15, 0.2) is 11.6 Å². The topological polar surface area (TPSA) is 127 Å². The van der Waals surface area contributed by atoms with Gasteiger partial charge in [0.2, 0.25) is 0 Å². The Hall–Kier alpha value is -3.93. The zero-order chi connectivity index (χ0) is 29.5. The molecular formula is C30H32ClFN6O4. The van der Waals surface area contributed by atoms with Crippen molar-refractivity contribution in [2.75, 3.05) is 38.6 Å². The number of H-pyrrole nitrogens is 2. The highest BCUT2D eigenvalue weighted by molar-refractivity contribution is 6.32. The lowest BCUT2D eigenvalue weighted by molar-refractivity contribution is 0.0617. The molecule has 0 spiro atoms. The van der Waals surface area contributed by atoms with Crippen LogP contribution < -0.4 is 15.6 Å². The van der Waals surface area contributed by atoms with E-state index < -0.39 is 11.9 Å². The highest BCUT2D eigenvalue weighted by Crippen LogP contribution is 2.33. The lowest BCUT2D eigenvalue weighted by Gasteiger charge is -2.34. The van der Waals surface area contributed by atoms with Crippen LogP contribution in [0.2, 0.25) is 5.02 Å². The van der Waals surface area contributed by atoms with Crippen LogP contribution in [0.15, 0.2) is 41.3 Å². The molecule has 42 heavy (non-hydrogen) atoms. The minimum atomic E-state index is -1.04. The molecule has 2 aromatic heterocycles. The molecule has 10 nitrogen and oxygen atoms in total. The van der Waals surface area contributed by atoms with Crippen LogP contribution in [-0.4, -0.2) is 81.2 Å². The number of aliphatic hydroxyl groups is 1. The number of rotatable bonds is 8. The predicted octanol–water partition coefficient (Wildman–Crippen LogP) is 3.92. The average Bonchev–Trinajstić information content (AvgIpc) is 3.53. The van der Waals surface area contributed by atoms with Crippen molar-refractivity contribution in [3.8, 4) is 17.1 Å². The third kappa shape index (κ3) is 5.35. The first-order valence-electron chi connectivity index (χ1n) is 13.9. The summed E-state index contributed by atoms with van der Waals surface area (Å²) in [5, 5.41) is 13.7. The van der Waals surface area contributed by atoms with Gasteiger partial charge in [0, 0.05) is 30.9 Å². The maximum atomic E-state index is 14.1. The highest BCUT2D eigenvalue weighted by atomic mass is 35.5. The highest BCUT2D eigenvalue weighted by Gasteiger charge is 2.34. The minimum Gasteiger partial charge on any atom is -0.486 e. The summed E-state index contributed by atoms with van der Waals surface area (Å²) in [4.78, 5) is 41.0. The lowest BCUT2D eigenvalue weighted by Crippen LogP contribution is -2.43. The Labute approximate surface area is 246 Å². The molecule has 1 fully saturated rings. The molecule has 0 aliphatic carbocycles. The molecule has 4 N–H and O–H groups in total. The molecule has 0 saturated carbocycles. The molecule has 0 bridgehead atoms. The number of halogens is 2. The Bertz CT molecular complexity index is 1710. The van der Waals surface area contributed by atoms with Crippen LogP contribution in [-0.2, 0) is 6.54 Å². The van der Waals surface area contributed by atoms with Gasteiger partial charge in [-0.25, -0.2) is 9.37 Å². The minimum absolute atomic E-state index is 0.0112. The number of hydrogen-bond donors (Lipinski definition) is 4. The molecule has 1 saturated heterocycles. The van der Waals surface area contributed by atoms with E-state index in [0.29, 0.717) is 34.7 Å². The van der Waals surface area contributed by atoms with Gasteiger partial charge in [-0.3, -0.25) is 9.59 Å². The van der Waals surface area contributed by atoms with Crippen LogP contribution in [0.5, 0.6) is 5.75 Å². The van der Waals surface area contributed by atoms with Gasteiger partial charge >= 0.3 is 0 Å². The van der Waals surface area contributed by atoms with Gasteiger partial charge in [-0.15, -0.1) is 0 Å². The Morgan fingerprint density at radius 3 is 2.81 bits per heavy atom. The maximum Gasteiger partial charge on any atom is 0.261 e. The molecule has 0 radical (unpaired) electrons. The van der Waals surface area contributed by atoms with E-state index in [1.807, 2.05) is 11.0 Å². The molecule has 6 rings (SSSR count). The van der Waals surface area contributed by atoms with Crippen LogP contribution in [0.25, 0.3) is 22.4 Å². The van der Waals surface area contributed by atoms with Crippen molar-refractivity contribution in [2.24, 2.45) is 0 Å². The van der Waals surface area contributed by atoms with Crippen molar-refractivity contribution in [1.29, 1.82) is 0 Å². The Morgan fingerprint density at radius 2 is 2.02 bits per heavy atom. The quantitative estimate of drug-likeness (QED) is 0.244. The van der Waals surface area contributed by atoms with Crippen molar-refractivity contribution >= 4 is 34.2 Å². The zero-order valence-electron chi connectivity index (χ0n) is 23.3. The molecule has 2 aliphatic heterocycles. The van der Waals surface area contributed by atoms with Gasteiger partial charge in [-0.1, -0.05) is 17.7 Å². The van der Waals surface area contributed by atoms with Crippen molar-refractivity contribution in [2.45, 2.75) is 38.5 Å². The maximum absolute atomic E-state index is 14.1. The summed E-state index contributed by atoms with van der Waals surface area (Å²) >= 11 is 6.15. The van der Waals surface area contributed by atoms with E-state index in [0.717, 1.165) is 37.0 Å². The third-order valence-electron chi connectivity index (χ3n) is 8.06. The van der Waals surface area contributed by atoms with E-state index in [4.69, 9.17) is 16.3 Å². The number of ether oxygens (including phenoxy) is 1. The first kappa shape index (κ1) is 28.2. The van der Waals surface area contributed by atoms with Crippen LogP contribution >= 0.6 is 11.6 Å². The van der Waals surface area contributed by atoms with E-state index in [-0.39, 0.29) is 47.0 Å². The number of likely N-dealkylation sites (tertiary alicyclic amines) is 1. The summed E-state index contributed by atoms with van der Waals surface area (Å²) in [6.45, 7) is 4.03. The van der Waals surface area contributed by atoms with E-state index in [1.165, 1.54) is 12.3 Å². The number of fused-ring (bicyclic) bond motifs is 2. The fourth-order valence-corrected chi connectivity index (χ4v) is 5.86. The Kier molecular flexibility index (Phi) is 7.65. The normalized spacial score (nSPS) is 16.7. The molecule has 220 valence electrons. The monoisotopic (exact) mass is 594 g/mol. The molecule has 4 aromatic rings. The van der Waals surface area contributed by atoms with E-state index >= 15 is 0 Å². The number of carbonyl (C=O) groups is 1. The summed E-state index contributed by atoms with van der Waals surface area (Å²) in [5.74, 6) is -0.379. The standard InChI is InChI=1S/C30H32ClFN6O4/c1-16-3-4-21(32)27(26(16)31)42-15-19(39)13-34-22-5-8-33-29(40)25(22)28-35-23-11-17-14-38(18-6-9-37(2)10-7-18)30(41)20(17)12-24(23)36-28/h3-5,8,11-12,18-19,39H,6-7,9-10,13-15H2,1-2H3,(H,35,36)(H2,33,34,40)/t19-/m1/s1. The number of pyridine rings is 1. The van der Waals surface area contributed by atoms with Crippen molar-refractivity contribution in [1.82, 2.24) is 24.8 Å². The molecular weight excluding hydrogens is 563 g/mol. The van der Waals surface area contributed by atoms with Gasteiger partial charge < -0.3 is 34.9 Å². The summed E-state index contributed by atoms with van der Waals surface area (Å²) in [6, 6.07) is 8.43. The third-order valence-corrected chi connectivity index (χ3v) is 8.53. The number of aromatic nitrogens is 3. The number of carbonyl (C=O) groups excluding carboxylic acids is 1. The summed E-state index contributed by atoms with van der Waals surface area (Å²) in [5.41, 5.74) is 3.87. The van der Waals surface area contributed by atoms with Gasteiger partial charge in [-0.05, 0) is 75.3 Å². The van der Waals surface area contributed by atoms with E-state index in [1.54, 1.807) is 25.1 Å². The Balaban J connectivity index is 1.18. The van der Waals surface area contributed by atoms with Gasteiger partial charge in [0.25, 0.3) is 11.5 Å². The first-order valence-corrected chi connectivity index (χ1v) is 14.3. The number of nitrogens with zero attached hydrogens (tertiary/aromatic N) is 3. The fourth-order valence-electron chi connectivity index (χ4n) is 5.65. The van der Waals surface area contributed by atoms with Gasteiger partial charge in [0.1, 0.15) is 24.1 Å². The van der Waals surface area contributed by atoms with E-state index in [9.17, 15) is 19.1 Å². The van der Waals surface area contributed by atoms with E-state index in [2.05, 4.69) is 32.2 Å². The average molecular weight is 595 g/mol. The molecule has 1 atom stereocenters. The van der Waals surface area contributed by atoms with Crippen LogP contribution in [0, 0.1) is 12.7 Å². The molecule has 0 unspecified atom stereocenters. The number of nitrogens with one attached hydrogen (secondary N) is 3. The van der Waals surface area contributed by atoms with Gasteiger partial charge in [0.05, 0.1) is 21.7 Å². The number of aryl methyl sites for hydroxylation is 1. The van der Waals surface area contributed by atoms with Gasteiger partial charge in [-0.2, -0.15) is 0 Å². The number of piperidine rings is 1. The second kappa shape index (κ2) is 11.4. The lowest BCUT2D eigenvalue weighted by atomic mass is 10.0. The van der Waals surface area contributed by atoms with Crippen molar-refractivity contribution in [3.05, 3.63) is 74.4 Å². The van der Waals surface area contributed by atoms with Crippen LogP contribution in [0.3, 0.4) is 0 Å². The summed E-state index contributed by atoms with van der Waals surface area (Å²) in [7, 11) is 2.10. The smallest absolute Gasteiger partial charge is 0.261 e. The molecule has 1 amide bonds. The summed E-state index contributed by atoms with van der Waals surface area (Å²) < 4.78 is 19.6. The molecule has 4 heterocycles.